The summed E-state index contributed by atoms with van der Waals surface area (Å²) in [6.45, 7) is 2.88. The number of para-hydroxylation sites is 1. The summed E-state index contributed by atoms with van der Waals surface area (Å²) in [5.74, 6) is 0.0391. The second-order valence-electron chi connectivity index (χ2n) is 5.71. The van der Waals surface area contributed by atoms with Crippen molar-refractivity contribution < 1.29 is 19.4 Å². The number of rotatable bonds is 10. The van der Waals surface area contributed by atoms with Crippen LogP contribution >= 0.6 is 0 Å². The number of carboxylic acids is 1. The Morgan fingerprint density at radius 3 is 2.32 bits per heavy atom. The maximum atomic E-state index is 11.4. The normalized spacial score (nSPS) is 11.2. The minimum atomic E-state index is -1.11. The Balaban J connectivity index is 1.96. The van der Waals surface area contributed by atoms with E-state index in [0.717, 1.165) is 17.7 Å². The summed E-state index contributed by atoms with van der Waals surface area (Å²) < 4.78 is 11.1. The largest absolute Gasteiger partial charge is 0.494 e. The summed E-state index contributed by atoms with van der Waals surface area (Å²) >= 11 is 0. The van der Waals surface area contributed by atoms with Gasteiger partial charge in [-0.15, -0.1) is 0 Å². The third-order valence-corrected chi connectivity index (χ3v) is 3.63. The molecule has 0 amide bonds. The van der Waals surface area contributed by atoms with E-state index in [-0.39, 0.29) is 5.76 Å². The summed E-state index contributed by atoms with van der Waals surface area (Å²) in [5.41, 5.74) is 0.742. The summed E-state index contributed by atoms with van der Waals surface area (Å²) in [6.07, 6.45) is 6.16. The standard InChI is InChI=1S/C21H24O4/c1-2-3-4-8-15-24-18-13-11-17(12-14-18)16-20(21(22)23)25-19-9-6-5-7-10-19/h5-7,9-14,16H,2-4,8,15H2,1H3,(H,22,23). The zero-order valence-corrected chi connectivity index (χ0v) is 14.5. The number of aliphatic carboxylic acids is 1. The minimum absolute atomic E-state index is 0.126. The first-order valence-electron chi connectivity index (χ1n) is 8.60. The Morgan fingerprint density at radius 2 is 1.68 bits per heavy atom. The molecule has 2 aromatic carbocycles. The van der Waals surface area contributed by atoms with E-state index in [1.54, 1.807) is 24.3 Å². The Labute approximate surface area is 148 Å². The maximum Gasteiger partial charge on any atom is 0.371 e. The van der Waals surface area contributed by atoms with E-state index in [1.165, 1.54) is 25.3 Å². The fourth-order valence-corrected chi connectivity index (χ4v) is 2.28. The molecule has 0 aliphatic rings. The highest BCUT2D eigenvalue weighted by molar-refractivity contribution is 5.90. The predicted octanol–water partition coefficient (Wildman–Crippen LogP) is 5.15. The smallest absolute Gasteiger partial charge is 0.371 e. The first-order chi connectivity index (χ1) is 12.2. The number of unbranched alkanes of at least 4 members (excludes halogenated alkanes) is 3. The van der Waals surface area contributed by atoms with Crippen LogP contribution in [0.1, 0.15) is 38.2 Å². The van der Waals surface area contributed by atoms with Gasteiger partial charge >= 0.3 is 5.97 Å². The van der Waals surface area contributed by atoms with Gasteiger partial charge in [-0.2, -0.15) is 0 Å². The van der Waals surface area contributed by atoms with Crippen LogP contribution in [0, 0.1) is 0 Å². The van der Waals surface area contributed by atoms with Crippen molar-refractivity contribution in [3.63, 3.8) is 0 Å². The van der Waals surface area contributed by atoms with Crippen molar-refractivity contribution in [2.75, 3.05) is 6.61 Å². The van der Waals surface area contributed by atoms with Crippen molar-refractivity contribution in [3.8, 4) is 11.5 Å². The van der Waals surface area contributed by atoms with Gasteiger partial charge in [-0.05, 0) is 42.3 Å². The molecular weight excluding hydrogens is 316 g/mol. The van der Waals surface area contributed by atoms with E-state index in [1.807, 2.05) is 30.3 Å². The van der Waals surface area contributed by atoms with Crippen LogP contribution in [0.15, 0.2) is 60.4 Å². The molecule has 0 bridgehead atoms. The van der Waals surface area contributed by atoms with E-state index in [4.69, 9.17) is 9.47 Å². The Kier molecular flexibility index (Phi) is 7.57. The van der Waals surface area contributed by atoms with Crippen molar-refractivity contribution in [1.82, 2.24) is 0 Å². The van der Waals surface area contributed by atoms with Crippen LogP contribution in [0.2, 0.25) is 0 Å². The average Bonchev–Trinajstić information content (AvgIpc) is 2.63. The van der Waals surface area contributed by atoms with E-state index < -0.39 is 5.97 Å². The van der Waals surface area contributed by atoms with Crippen molar-refractivity contribution in [3.05, 3.63) is 65.9 Å². The number of hydrogen-bond donors (Lipinski definition) is 1. The summed E-state index contributed by atoms with van der Waals surface area (Å²) in [7, 11) is 0. The molecule has 0 unspecified atom stereocenters. The van der Waals surface area contributed by atoms with Crippen LogP contribution in [-0.2, 0) is 4.79 Å². The topological polar surface area (TPSA) is 55.8 Å². The molecule has 0 aliphatic heterocycles. The van der Waals surface area contributed by atoms with Gasteiger partial charge in [0, 0.05) is 0 Å². The molecule has 25 heavy (non-hydrogen) atoms. The maximum absolute atomic E-state index is 11.4. The van der Waals surface area contributed by atoms with Gasteiger partial charge < -0.3 is 14.6 Å². The van der Waals surface area contributed by atoms with E-state index in [0.29, 0.717) is 12.4 Å². The second kappa shape index (κ2) is 10.2. The molecule has 0 saturated heterocycles. The molecule has 4 nitrogen and oxygen atoms in total. The first kappa shape index (κ1) is 18.6. The molecule has 2 aromatic rings. The van der Waals surface area contributed by atoms with Crippen LogP contribution in [0.25, 0.3) is 6.08 Å². The lowest BCUT2D eigenvalue weighted by Crippen LogP contribution is -2.07. The molecule has 132 valence electrons. The van der Waals surface area contributed by atoms with Gasteiger partial charge in [0.2, 0.25) is 5.76 Å². The molecular formula is C21H24O4. The third kappa shape index (κ3) is 6.71. The average molecular weight is 340 g/mol. The van der Waals surface area contributed by atoms with Crippen molar-refractivity contribution in [1.29, 1.82) is 0 Å². The minimum Gasteiger partial charge on any atom is -0.494 e. The van der Waals surface area contributed by atoms with Crippen LogP contribution < -0.4 is 9.47 Å². The third-order valence-electron chi connectivity index (χ3n) is 3.63. The molecule has 1 N–H and O–H groups in total. The van der Waals surface area contributed by atoms with Crippen LogP contribution in [-0.4, -0.2) is 17.7 Å². The van der Waals surface area contributed by atoms with E-state index in [9.17, 15) is 9.90 Å². The molecule has 0 heterocycles. The van der Waals surface area contributed by atoms with Crippen molar-refractivity contribution >= 4 is 12.0 Å². The highest BCUT2D eigenvalue weighted by Crippen LogP contribution is 2.18. The summed E-state index contributed by atoms with van der Waals surface area (Å²) in [4.78, 5) is 11.4. The number of hydrogen-bond acceptors (Lipinski definition) is 3. The molecule has 0 saturated carbocycles. The highest BCUT2D eigenvalue weighted by atomic mass is 16.5. The number of carboxylic acid groups (broad SMARTS) is 1. The summed E-state index contributed by atoms with van der Waals surface area (Å²) in [5, 5.41) is 9.32. The van der Waals surface area contributed by atoms with Crippen molar-refractivity contribution in [2.45, 2.75) is 32.6 Å². The molecule has 0 radical (unpaired) electrons. The lowest BCUT2D eigenvalue weighted by molar-refractivity contribution is -0.134. The molecule has 0 atom stereocenters. The lowest BCUT2D eigenvalue weighted by atomic mass is 10.2. The van der Waals surface area contributed by atoms with Gasteiger partial charge in [0.1, 0.15) is 11.5 Å². The van der Waals surface area contributed by atoms with Crippen LogP contribution in [0.5, 0.6) is 11.5 Å². The monoisotopic (exact) mass is 340 g/mol. The molecule has 0 aliphatic carbocycles. The fraction of sp³-hybridized carbons (Fsp3) is 0.286. The zero-order chi connectivity index (χ0) is 17.9. The predicted molar refractivity (Wildman–Crippen MR) is 98.8 cm³/mol. The molecule has 0 spiro atoms. The van der Waals surface area contributed by atoms with Gasteiger partial charge in [-0.25, -0.2) is 4.79 Å². The lowest BCUT2D eigenvalue weighted by Gasteiger charge is -2.08. The van der Waals surface area contributed by atoms with Gasteiger partial charge in [0.25, 0.3) is 0 Å². The summed E-state index contributed by atoms with van der Waals surface area (Å²) in [6, 6.07) is 16.2. The van der Waals surface area contributed by atoms with E-state index in [2.05, 4.69) is 6.92 Å². The Bertz CT molecular complexity index is 675. The zero-order valence-electron chi connectivity index (χ0n) is 14.5. The van der Waals surface area contributed by atoms with Crippen LogP contribution in [0.4, 0.5) is 0 Å². The molecule has 0 aromatic heterocycles. The Hall–Kier alpha value is -2.75. The number of ether oxygens (including phenoxy) is 2. The molecule has 0 fully saturated rings. The van der Waals surface area contributed by atoms with Gasteiger partial charge in [0.05, 0.1) is 6.61 Å². The second-order valence-corrected chi connectivity index (χ2v) is 5.71. The molecule has 2 rings (SSSR count). The van der Waals surface area contributed by atoms with Gasteiger partial charge in [-0.3, -0.25) is 0 Å². The first-order valence-corrected chi connectivity index (χ1v) is 8.60. The SMILES string of the molecule is CCCCCCOc1ccc(C=C(Oc2ccccc2)C(=O)O)cc1. The Morgan fingerprint density at radius 1 is 0.960 bits per heavy atom. The van der Waals surface area contributed by atoms with Gasteiger partial charge in [-0.1, -0.05) is 56.5 Å². The number of carbonyl (C=O) groups is 1. The molecule has 4 heteroatoms. The number of benzene rings is 2. The van der Waals surface area contributed by atoms with Gasteiger partial charge in [0.15, 0.2) is 0 Å². The quantitative estimate of drug-likeness (QED) is 0.369. The fourth-order valence-electron chi connectivity index (χ4n) is 2.28. The van der Waals surface area contributed by atoms with E-state index >= 15 is 0 Å². The van der Waals surface area contributed by atoms with Crippen LogP contribution in [0.3, 0.4) is 0 Å². The highest BCUT2D eigenvalue weighted by Gasteiger charge is 2.10. The van der Waals surface area contributed by atoms with Crippen molar-refractivity contribution in [2.24, 2.45) is 0 Å².